The van der Waals surface area contributed by atoms with Crippen LogP contribution in [0.15, 0.2) is 60.0 Å². The van der Waals surface area contributed by atoms with E-state index in [1.165, 1.54) is 12.4 Å². The Morgan fingerprint density at radius 3 is 2.59 bits per heavy atom. The molecule has 0 bridgehead atoms. The molecule has 0 saturated carbocycles. The van der Waals surface area contributed by atoms with Crippen LogP contribution in [0.2, 0.25) is 5.02 Å². The first-order chi connectivity index (χ1) is 15.2. The Bertz CT molecular complexity index is 1110. The fourth-order valence-electron chi connectivity index (χ4n) is 2.38. The third-order valence-electron chi connectivity index (χ3n) is 3.81. The molecule has 0 atom stereocenters. The van der Waals surface area contributed by atoms with Crippen molar-refractivity contribution < 1.29 is 27.5 Å². The number of hydrogen-bond acceptors (Lipinski definition) is 6. The largest absolute Gasteiger partial charge is 0.484 e. The lowest BCUT2D eigenvalue weighted by Crippen LogP contribution is -2.44. The molecule has 3 aromatic rings. The first kappa shape index (κ1) is 23.4. The number of benzene rings is 2. The molecule has 0 aliphatic carbocycles. The minimum Gasteiger partial charge on any atom is -0.484 e. The average molecular weight is 486 g/mol. The average Bonchev–Trinajstić information content (AvgIpc) is 3.23. The molecule has 2 amide bonds. The number of carbonyl (C=O) groups is 2. The van der Waals surface area contributed by atoms with E-state index in [-0.39, 0.29) is 11.5 Å². The number of hydrazine groups is 1. The van der Waals surface area contributed by atoms with Gasteiger partial charge in [-0.25, -0.2) is 0 Å². The van der Waals surface area contributed by atoms with Crippen LogP contribution in [0.5, 0.6) is 5.75 Å². The quantitative estimate of drug-likeness (QED) is 0.394. The highest BCUT2D eigenvalue weighted by molar-refractivity contribution is 7.99. The molecule has 13 heteroatoms. The van der Waals surface area contributed by atoms with Crippen LogP contribution in [-0.4, -0.2) is 38.9 Å². The summed E-state index contributed by atoms with van der Waals surface area (Å²) in [7, 11) is 0. The van der Waals surface area contributed by atoms with Crippen LogP contribution in [-0.2, 0) is 15.8 Å². The molecule has 0 spiro atoms. The van der Waals surface area contributed by atoms with Gasteiger partial charge in [-0.3, -0.25) is 25.0 Å². The lowest BCUT2D eigenvalue weighted by molar-refractivity contribution is -0.137. The summed E-state index contributed by atoms with van der Waals surface area (Å²) < 4.78 is 44.7. The van der Waals surface area contributed by atoms with Gasteiger partial charge in [-0.05, 0) is 36.4 Å². The van der Waals surface area contributed by atoms with E-state index in [4.69, 9.17) is 16.3 Å². The second-order valence-corrected chi connectivity index (χ2v) is 7.54. The number of alkyl halides is 3. The highest BCUT2D eigenvalue weighted by Crippen LogP contribution is 2.31. The van der Waals surface area contributed by atoms with Crippen LogP contribution >= 0.6 is 23.4 Å². The summed E-state index contributed by atoms with van der Waals surface area (Å²) in [6, 6.07) is 11.1. The monoisotopic (exact) mass is 485 g/mol. The van der Waals surface area contributed by atoms with Gasteiger partial charge < -0.3 is 4.74 Å². The van der Waals surface area contributed by atoms with Crippen molar-refractivity contribution in [2.45, 2.75) is 11.3 Å². The Balaban J connectivity index is 1.44. The minimum absolute atomic E-state index is 0.0893. The Hall–Kier alpha value is -3.25. The summed E-state index contributed by atoms with van der Waals surface area (Å²) in [5.41, 5.74) is 4.13. The van der Waals surface area contributed by atoms with Crippen molar-refractivity contribution in [3.63, 3.8) is 0 Å². The topological polar surface area (TPSA) is 98.1 Å². The zero-order valence-corrected chi connectivity index (χ0v) is 17.7. The van der Waals surface area contributed by atoms with Crippen molar-refractivity contribution in [1.82, 2.24) is 25.6 Å². The number of nitrogens with one attached hydrogen (secondary N) is 2. The molecule has 0 unspecified atom stereocenters. The molecule has 2 aromatic carbocycles. The van der Waals surface area contributed by atoms with E-state index >= 15 is 0 Å². The molecule has 2 N–H and O–H groups in total. The first-order valence-corrected chi connectivity index (χ1v) is 10.3. The van der Waals surface area contributed by atoms with Gasteiger partial charge in [0, 0.05) is 5.02 Å². The third-order valence-corrected chi connectivity index (χ3v) is 4.99. The molecule has 0 fully saturated rings. The van der Waals surface area contributed by atoms with Crippen LogP contribution in [0.1, 0.15) is 5.56 Å². The number of thioether (sulfide) groups is 1. The molecule has 0 radical (unpaired) electrons. The number of amides is 2. The summed E-state index contributed by atoms with van der Waals surface area (Å²) in [6.07, 6.45) is -3.05. The molecule has 3 rings (SSSR count). The Morgan fingerprint density at radius 2 is 1.84 bits per heavy atom. The number of carbonyl (C=O) groups excluding carboxylic acids is 2. The number of hydrogen-bond donors (Lipinski definition) is 2. The van der Waals surface area contributed by atoms with E-state index in [1.807, 2.05) is 0 Å². The van der Waals surface area contributed by atoms with Gasteiger partial charge in [-0.1, -0.05) is 35.5 Å². The number of aromatic nitrogens is 3. The van der Waals surface area contributed by atoms with Gasteiger partial charge in [0.1, 0.15) is 12.1 Å². The van der Waals surface area contributed by atoms with E-state index in [0.717, 1.165) is 30.0 Å². The van der Waals surface area contributed by atoms with E-state index < -0.39 is 30.2 Å². The maximum absolute atomic E-state index is 12.7. The molecular formula is C19H15ClF3N5O3S. The zero-order chi connectivity index (χ0) is 23.1. The summed E-state index contributed by atoms with van der Waals surface area (Å²) in [6.45, 7) is -0.585. The van der Waals surface area contributed by atoms with Crippen molar-refractivity contribution in [2.24, 2.45) is 0 Å². The van der Waals surface area contributed by atoms with E-state index in [0.29, 0.717) is 15.9 Å². The molecule has 1 aromatic heterocycles. The lowest BCUT2D eigenvalue weighted by Gasteiger charge is -2.11. The summed E-state index contributed by atoms with van der Waals surface area (Å²) in [5.74, 6) is -1.50. The van der Waals surface area contributed by atoms with Gasteiger partial charge >= 0.3 is 6.18 Å². The molecular weight excluding hydrogens is 471 g/mol. The second-order valence-electron chi connectivity index (χ2n) is 6.16. The number of rotatable bonds is 7. The Labute approximate surface area is 189 Å². The van der Waals surface area contributed by atoms with Crippen molar-refractivity contribution >= 4 is 35.2 Å². The molecule has 168 valence electrons. The van der Waals surface area contributed by atoms with Gasteiger partial charge in [-0.2, -0.15) is 13.2 Å². The van der Waals surface area contributed by atoms with Crippen molar-refractivity contribution in [1.29, 1.82) is 0 Å². The van der Waals surface area contributed by atoms with Crippen LogP contribution in [0.25, 0.3) is 5.69 Å². The van der Waals surface area contributed by atoms with Crippen LogP contribution in [0, 0.1) is 0 Å². The number of ether oxygens (including phenoxy) is 1. The Morgan fingerprint density at radius 1 is 1.09 bits per heavy atom. The molecule has 0 aliphatic rings. The van der Waals surface area contributed by atoms with Gasteiger partial charge in [0.15, 0.2) is 11.8 Å². The number of nitrogens with zero attached hydrogens (tertiary/aromatic N) is 3. The van der Waals surface area contributed by atoms with Crippen LogP contribution in [0.4, 0.5) is 13.2 Å². The predicted octanol–water partition coefficient (Wildman–Crippen LogP) is 3.26. The number of halogens is 4. The molecule has 1 heterocycles. The molecule has 8 nitrogen and oxygen atoms in total. The highest BCUT2D eigenvalue weighted by atomic mass is 35.5. The fourth-order valence-corrected chi connectivity index (χ4v) is 3.29. The maximum atomic E-state index is 12.7. The van der Waals surface area contributed by atoms with Gasteiger partial charge in [0.2, 0.25) is 5.91 Å². The van der Waals surface area contributed by atoms with E-state index in [9.17, 15) is 22.8 Å². The third kappa shape index (κ3) is 6.62. The summed E-state index contributed by atoms with van der Waals surface area (Å²) in [4.78, 5) is 23.8. The fraction of sp³-hybridized carbons (Fsp3) is 0.158. The van der Waals surface area contributed by atoms with E-state index in [2.05, 4.69) is 21.0 Å². The van der Waals surface area contributed by atoms with Crippen LogP contribution in [0.3, 0.4) is 0 Å². The van der Waals surface area contributed by atoms with Crippen molar-refractivity contribution in [2.75, 3.05) is 12.4 Å². The molecule has 32 heavy (non-hydrogen) atoms. The van der Waals surface area contributed by atoms with Crippen molar-refractivity contribution in [3.05, 3.63) is 65.4 Å². The Kier molecular flexibility index (Phi) is 7.59. The summed E-state index contributed by atoms with van der Waals surface area (Å²) >= 11 is 7.05. The van der Waals surface area contributed by atoms with Gasteiger partial charge in [0.25, 0.3) is 5.91 Å². The predicted molar refractivity (Wildman–Crippen MR) is 110 cm³/mol. The zero-order valence-electron chi connectivity index (χ0n) is 16.1. The standard InChI is InChI=1S/C19H15ClF3N5O3S/c20-13-4-2-5-14(8-13)28-11-24-27-18(28)32-10-17(30)26-25-16(29)9-31-15-6-1-3-12(7-15)19(21,22)23/h1-8,11H,9-10H2,(H,25,29)(H,26,30). The lowest BCUT2D eigenvalue weighted by atomic mass is 10.2. The van der Waals surface area contributed by atoms with Gasteiger partial charge in [0.05, 0.1) is 17.0 Å². The molecule has 0 saturated heterocycles. The minimum atomic E-state index is -4.52. The SMILES string of the molecule is O=C(COc1cccc(C(F)(F)F)c1)NNC(=O)CSc1nncn1-c1cccc(Cl)c1. The van der Waals surface area contributed by atoms with Crippen molar-refractivity contribution in [3.8, 4) is 11.4 Å². The highest BCUT2D eigenvalue weighted by Gasteiger charge is 2.30. The maximum Gasteiger partial charge on any atom is 0.416 e. The summed E-state index contributed by atoms with van der Waals surface area (Å²) in [5, 5.41) is 8.72. The smallest absolute Gasteiger partial charge is 0.416 e. The van der Waals surface area contributed by atoms with Gasteiger partial charge in [-0.15, -0.1) is 10.2 Å². The second kappa shape index (κ2) is 10.4. The first-order valence-electron chi connectivity index (χ1n) is 8.89. The van der Waals surface area contributed by atoms with Crippen LogP contribution < -0.4 is 15.6 Å². The van der Waals surface area contributed by atoms with E-state index in [1.54, 1.807) is 28.8 Å². The normalized spacial score (nSPS) is 11.1. The molecule has 0 aliphatic heterocycles.